The molecule has 2 N–H and O–H groups in total. The van der Waals surface area contributed by atoms with Gasteiger partial charge in [0, 0.05) is 36.7 Å². The van der Waals surface area contributed by atoms with E-state index < -0.39 is 0 Å². The van der Waals surface area contributed by atoms with Crippen molar-refractivity contribution in [3.8, 4) is 0 Å². The molecule has 2 heterocycles. The summed E-state index contributed by atoms with van der Waals surface area (Å²) in [5.41, 5.74) is 0. The summed E-state index contributed by atoms with van der Waals surface area (Å²) in [6.45, 7) is 5.37. The van der Waals surface area contributed by atoms with Gasteiger partial charge in [-0.1, -0.05) is 24.6 Å². The van der Waals surface area contributed by atoms with Gasteiger partial charge in [0.2, 0.25) is 0 Å². The molecule has 26 heavy (non-hydrogen) atoms. The van der Waals surface area contributed by atoms with Crippen LogP contribution < -0.4 is 10.6 Å². The molecule has 7 heteroatoms. The first-order valence-corrected chi connectivity index (χ1v) is 10.5. The molecule has 0 spiro atoms. The number of aliphatic imine (C=N–C) groups is 1. The number of hydrogen-bond donors (Lipinski definition) is 2. The Hall–Kier alpha value is -2.02. The molecule has 2 aromatic rings. The number of aromatic nitrogens is 3. The molecule has 0 aliphatic carbocycles. The van der Waals surface area contributed by atoms with E-state index in [1.807, 2.05) is 17.8 Å². The number of rotatable bonds is 7. The summed E-state index contributed by atoms with van der Waals surface area (Å²) >= 11 is 1.85. The zero-order chi connectivity index (χ0) is 18.0. The maximum absolute atomic E-state index is 4.70. The summed E-state index contributed by atoms with van der Waals surface area (Å²) in [6, 6.07) is 10.5. The maximum atomic E-state index is 4.70. The van der Waals surface area contributed by atoms with E-state index in [9.17, 15) is 0 Å². The standard InChI is InChI=1S/C19H28N6S/c1-2-20-19(21-12-14-26-16-9-5-3-6-10-16)22-15-18-24-23-17-11-7-4-8-13-25(17)18/h3,5-6,9-10H,2,4,7-8,11-15H2,1H3,(H2,20,21,22). The van der Waals surface area contributed by atoms with Gasteiger partial charge in [0.15, 0.2) is 11.8 Å². The highest BCUT2D eigenvalue weighted by atomic mass is 32.2. The van der Waals surface area contributed by atoms with Crippen LogP contribution >= 0.6 is 11.8 Å². The van der Waals surface area contributed by atoms with Crippen molar-refractivity contribution in [3.63, 3.8) is 0 Å². The number of fused-ring (bicyclic) bond motifs is 1. The van der Waals surface area contributed by atoms with Crippen molar-refractivity contribution in [3.05, 3.63) is 42.0 Å². The SMILES string of the molecule is CCNC(=NCc1nnc2n1CCCCC2)NCCSc1ccccc1. The molecule has 140 valence electrons. The molecule has 0 bridgehead atoms. The lowest BCUT2D eigenvalue weighted by Gasteiger charge is -2.11. The Morgan fingerprint density at radius 2 is 2.04 bits per heavy atom. The van der Waals surface area contributed by atoms with Gasteiger partial charge in [-0.2, -0.15) is 0 Å². The predicted octanol–water partition coefficient (Wildman–Crippen LogP) is 2.85. The second-order valence-corrected chi connectivity index (χ2v) is 7.45. The van der Waals surface area contributed by atoms with Gasteiger partial charge in [0.1, 0.15) is 12.4 Å². The molecule has 0 atom stereocenters. The van der Waals surface area contributed by atoms with Crippen LogP contribution in [0.15, 0.2) is 40.2 Å². The molecule has 0 fully saturated rings. The third kappa shape index (κ3) is 5.49. The largest absolute Gasteiger partial charge is 0.357 e. The van der Waals surface area contributed by atoms with E-state index in [2.05, 4.69) is 56.6 Å². The van der Waals surface area contributed by atoms with Crippen molar-refractivity contribution in [2.24, 2.45) is 4.99 Å². The fourth-order valence-corrected chi connectivity index (χ4v) is 3.80. The summed E-state index contributed by atoms with van der Waals surface area (Å²) in [4.78, 5) is 5.99. The number of aryl methyl sites for hydroxylation is 1. The van der Waals surface area contributed by atoms with E-state index in [1.165, 1.54) is 24.2 Å². The van der Waals surface area contributed by atoms with Gasteiger partial charge in [-0.3, -0.25) is 0 Å². The van der Waals surface area contributed by atoms with Crippen LogP contribution in [0, 0.1) is 0 Å². The highest BCUT2D eigenvalue weighted by Gasteiger charge is 2.14. The number of thioether (sulfide) groups is 1. The predicted molar refractivity (Wildman–Crippen MR) is 108 cm³/mol. The first-order valence-electron chi connectivity index (χ1n) is 9.48. The molecule has 3 rings (SSSR count). The minimum absolute atomic E-state index is 0.564. The molecule has 1 aliphatic rings. The fourth-order valence-electron chi connectivity index (χ4n) is 3.01. The molecular formula is C19H28N6S. The Labute approximate surface area is 159 Å². The molecule has 0 saturated heterocycles. The Morgan fingerprint density at radius 3 is 2.88 bits per heavy atom. The normalized spacial score (nSPS) is 14.6. The zero-order valence-corrected chi connectivity index (χ0v) is 16.3. The van der Waals surface area contributed by atoms with Crippen molar-refractivity contribution in [2.45, 2.75) is 50.6 Å². The van der Waals surface area contributed by atoms with Crippen LogP contribution in [0.3, 0.4) is 0 Å². The smallest absolute Gasteiger partial charge is 0.191 e. The van der Waals surface area contributed by atoms with Crippen molar-refractivity contribution < 1.29 is 0 Å². The maximum Gasteiger partial charge on any atom is 0.191 e. The van der Waals surface area contributed by atoms with E-state index in [4.69, 9.17) is 4.99 Å². The molecule has 0 amide bonds. The number of guanidine groups is 1. The highest BCUT2D eigenvalue weighted by Crippen LogP contribution is 2.16. The summed E-state index contributed by atoms with van der Waals surface area (Å²) < 4.78 is 2.26. The second kappa shape index (κ2) is 10.2. The molecule has 1 aliphatic heterocycles. The second-order valence-electron chi connectivity index (χ2n) is 6.28. The fraction of sp³-hybridized carbons (Fsp3) is 0.526. The van der Waals surface area contributed by atoms with Gasteiger partial charge >= 0.3 is 0 Å². The topological polar surface area (TPSA) is 67.1 Å². The Morgan fingerprint density at radius 1 is 1.15 bits per heavy atom. The molecule has 0 saturated carbocycles. The number of hydrogen-bond acceptors (Lipinski definition) is 4. The van der Waals surface area contributed by atoms with Crippen LogP contribution in [0.1, 0.15) is 37.8 Å². The molecular weight excluding hydrogens is 344 g/mol. The van der Waals surface area contributed by atoms with Crippen molar-refractivity contribution >= 4 is 17.7 Å². The molecule has 6 nitrogen and oxygen atoms in total. The van der Waals surface area contributed by atoms with Crippen molar-refractivity contribution in [1.29, 1.82) is 0 Å². The van der Waals surface area contributed by atoms with E-state index in [-0.39, 0.29) is 0 Å². The van der Waals surface area contributed by atoms with E-state index >= 15 is 0 Å². The van der Waals surface area contributed by atoms with Gasteiger partial charge in [-0.05, 0) is 31.9 Å². The average molecular weight is 373 g/mol. The summed E-state index contributed by atoms with van der Waals surface area (Å²) in [7, 11) is 0. The molecule has 0 unspecified atom stereocenters. The Kier molecular flexibility index (Phi) is 7.37. The van der Waals surface area contributed by atoms with Crippen LogP contribution in [-0.4, -0.2) is 39.6 Å². The molecule has 0 radical (unpaired) electrons. The van der Waals surface area contributed by atoms with Crippen LogP contribution in [0.25, 0.3) is 0 Å². The molecule has 1 aromatic heterocycles. The van der Waals surface area contributed by atoms with E-state index in [0.29, 0.717) is 6.54 Å². The minimum atomic E-state index is 0.564. The van der Waals surface area contributed by atoms with Crippen molar-refractivity contribution in [2.75, 3.05) is 18.8 Å². The summed E-state index contributed by atoms with van der Waals surface area (Å²) in [5, 5.41) is 15.4. The lowest BCUT2D eigenvalue weighted by Crippen LogP contribution is -2.38. The minimum Gasteiger partial charge on any atom is -0.357 e. The number of nitrogens with zero attached hydrogens (tertiary/aromatic N) is 4. The highest BCUT2D eigenvalue weighted by molar-refractivity contribution is 7.99. The number of nitrogens with one attached hydrogen (secondary N) is 2. The van der Waals surface area contributed by atoms with Gasteiger partial charge in [-0.25, -0.2) is 4.99 Å². The monoisotopic (exact) mass is 372 g/mol. The van der Waals surface area contributed by atoms with E-state index in [0.717, 1.165) is 49.4 Å². The van der Waals surface area contributed by atoms with Gasteiger partial charge in [0.25, 0.3) is 0 Å². The lowest BCUT2D eigenvalue weighted by atomic mass is 10.2. The van der Waals surface area contributed by atoms with Crippen LogP contribution in [0.4, 0.5) is 0 Å². The first kappa shape index (κ1) is 18.8. The van der Waals surface area contributed by atoms with Gasteiger partial charge in [-0.15, -0.1) is 22.0 Å². The van der Waals surface area contributed by atoms with E-state index in [1.54, 1.807) is 0 Å². The zero-order valence-electron chi connectivity index (χ0n) is 15.4. The van der Waals surface area contributed by atoms with Crippen LogP contribution in [-0.2, 0) is 19.5 Å². The average Bonchev–Trinajstić information content (AvgIpc) is 2.90. The van der Waals surface area contributed by atoms with Gasteiger partial charge < -0.3 is 15.2 Å². The number of benzene rings is 1. The van der Waals surface area contributed by atoms with Gasteiger partial charge in [0.05, 0.1) is 0 Å². The summed E-state index contributed by atoms with van der Waals surface area (Å²) in [5.74, 6) is 3.92. The Bertz CT molecular complexity index is 697. The van der Waals surface area contributed by atoms with Crippen LogP contribution in [0.2, 0.25) is 0 Å². The third-order valence-corrected chi connectivity index (χ3v) is 5.33. The Balaban J connectivity index is 1.51. The quantitative estimate of drug-likeness (QED) is 0.339. The van der Waals surface area contributed by atoms with Crippen LogP contribution in [0.5, 0.6) is 0 Å². The first-order chi connectivity index (χ1) is 12.9. The molecule has 1 aromatic carbocycles. The third-order valence-electron chi connectivity index (χ3n) is 4.32. The lowest BCUT2D eigenvalue weighted by molar-refractivity contribution is 0.605. The van der Waals surface area contributed by atoms with Crippen molar-refractivity contribution in [1.82, 2.24) is 25.4 Å². The summed E-state index contributed by atoms with van der Waals surface area (Å²) in [6.07, 6.45) is 4.72.